The molecule has 1 amide bonds. The molecule has 1 atom stereocenters. The molecule has 2 aromatic carbocycles. The lowest BCUT2D eigenvalue weighted by atomic mass is 9.98. The fourth-order valence-corrected chi connectivity index (χ4v) is 3.41. The molecule has 0 aliphatic carbocycles. The molecule has 0 aliphatic heterocycles. The maximum Gasteiger partial charge on any atom is 0.226 e. The minimum atomic E-state index is 0.00660. The number of amides is 1. The van der Waals surface area contributed by atoms with Gasteiger partial charge < -0.3 is 5.32 Å². The van der Waals surface area contributed by atoms with Crippen LogP contribution >= 0.6 is 11.3 Å². The smallest absolute Gasteiger partial charge is 0.226 e. The molecule has 0 aliphatic rings. The molecule has 3 nitrogen and oxygen atoms in total. The SMILES string of the molecule is Cc1ccc2nc(NC(=O)CC(C)c3ccccc3)sc2c1. The highest BCUT2D eigenvalue weighted by atomic mass is 32.1. The normalized spacial score (nSPS) is 12.3. The molecule has 1 unspecified atom stereocenters. The zero-order valence-electron chi connectivity index (χ0n) is 12.7. The van der Waals surface area contributed by atoms with Gasteiger partial charge in [-0.25, -0.2) is 4.98 Å². The number of carbonyl (C=O) groups is 1. The van der Waals surface area contributed by atoms with Crippen molar-refractivity contribution in [1.29, 1.82) is 0 Å². The summed E-state index contributed by atoms with van der Waals surface area (Å²) in [7, 11) is 0. The van der Waals surface area contributed by atoms with Crippen LogP contribution in [0.5, 0.6) is 0 Å². The zero-order valence-corrected chi connectivity index (χ0v) is 13.5. The predicted molar refractivity (Wildman–Crippen MR) is 92.5 cm³/mol. The van der Waals surface area contributed by atoms with Crippen LogP contribution in [0.25, 0.3) is 10.2 Å². The van der Waals surface area contributed by atoms with Crippen molar-refractivity contribution in [3.05, 3.63) is 59.7 Å². The second-order valence-corrected chi connectivity index (χ2v) is 6.58. The third-order valence-electron chi connectivity index (χ3n) is 3.65. The van der Waals surface area contributed by atoms with Crippen molar-refractivity contribution in [2.75, 3.05) is 5.32 Å². The number of hydrogen-bond acceptors (Lipinski definition) is 3. The molecule has 1 heterocycles. The summed E-state index contributed by atoms with van der Waals surface area (Å²) in [4.78, 5) is 16.7. The van der Waals surface area contributed by atoms with Gasteiger partial charge in [0.15, 0.2) is 5.13 Å². The van der Waals surface area contributed by atoms with Crippen LogP contribution in [0.3, 0.4) is 0 Å². The highest BCUT2D eigenvalue weighted by Crippen LogP contribution is 2.27. The van der Waals surface area contributed by atoms with E-state index in [1.54, 1.807) is 0 Å². The van der Waals surface area contributed by atoms with Gasteiger partial charge in [-0.05, 0) is 36.1 Å². The van der Waals surface area contributed by atoms with Crippen molar-refractivity contribution in [3.63, 3.8) is 0 Å². The summed E-state index contributed by atoms with van der Waals surface area (Å²) in [5.41, 5.74) is 3.31. The first kappa shape index (κ1) is 14.7. The summed E-state index contributed by atoms with van der Waals surface area (Å²) < 4.78 is 1.10. The Morgan fingerprint density at radius 3 is 2.77 bits per heavy atom. The number of thiazole rings is 1. The van der Waals surface area contributed by atoms with Crippen LogP contribution in [0.1, 0.15) is 30.4 Å². The maximum atomic E-state index is 12.2. The molecular formula is C18H18N2OS. The molecule has 4 heteroatoms. The molecule has 0 radical (unpaired) electrons. The molecule has 0 bridgehead atoms. The Bertz CT molecular complexity index is 795. The molecule has 3 rings (SSSR count). The summed E-state index contributed by atoms with van der Waals surface area (Å²) >= 11 is 1.52. The van der Waals surface area contributed by atoms with E-state index in [9.17, 15) is 4.79 Å². The van der Waals surface area contributed by atoms with Gasteiger partial charge in [0.2, 0.25) is 5.91 Å². The largest absolute Gasteiger partial charge is 0.302 e. The van der Waals surface area contributed by atoms with E-state index >= 15 is 0 Å². The molecule has 0 fully saturated rings. The lowest BCUT2D eigenvalue weighted by molar-refractivity contribution is -0.116. The number of nitrogens with one attached hydrogen (secondary N) is 1. The van der Waals surface area contributed by atoms with Gasteiger partial charge in [-0.15, -0.1) is 0 Å². The summed E-state index contributed by atoms with van der Waals surface area (Å²) in [6, 6.07) is 16.2. The van der Waals surface area contributed by atoms with Crippen LogP contribution in [-0.4, -0.2) is 10.9 Å². The topological polar surface area (TPSA) is 42.0 Å². The average molecular weight is 310 g/mol. The number of aromatic nitrogens is 1. The summed E-state index contributed by atoms with van der Waals surface area (Å²) in [5.74, 6) is 0.199. The number of benzene rings is 2. The van der Waals surface area contributed by atoms with Crippen molar-refractivity contribution in [3.8, 4) is 0 Å². The molecule has 1 aromatic heterocycles. The van der Waals surface area contributed by atoms with E-state index in [-0.39, 0.29) is 11.8 Å². The van der Waals surface area contributed by atoms with Crippen molar-refractivity contribution in [2.24, 2.45) is 0 Å². The van der Waals surface area contributed by atoms with Crippen LogP contribution in [0, 0.1) is 6.92 Å². The Morgan fingerprint density at radius 1 is 1.23 bits per heavy atom. The Balaban J connectivity index is 1.68. The molecule has 112 valence electrons. The molecular weight excluding hydrogens is 292 g/mol. The number of fused-ring (bicyclic) bond motifs is 1. The predicted octanol–water partition coefficient (Wildman–Crippen LogP) is 4.74. The highest BCUT2D eigenvalue weighted by molar-refractivity contribution is 7.22. The molecule has 0 saturated carbocycles. The minimum absolute atomic E-state index is 0.00660. The standard InChI is InChI=1S/C18H18N2OS/c1-12-8-9-15-16(10-12)22-18(19-15)20-17(21)11-13(2)14-6-4-3-5-7-14/h3-10,13H,11H2,1-2H3,(H,19,20,21). The lowest BCUT2D eigenvalue weighted by Crippen LogP contribution is -2.14. The first-order valence-electron chi connectivity index (χ1n) is 7.34. The minimum Gasteiger partial charge on any atom is -0.302 e. The molecule has 0 spiro atoms. The van der Waals surface area contributed by atoms with E-state index in [1.165, 1.54) is 22.5 Å². The van der Waals surface area contributed by atoms with Gasteiger partial charge in [0, 0.05) is 6.42 Å². The number of carbonyl (C=O) groups excluding carboxylic acids is 1. The van der Waals surface area contributed by atoms with E-state index in [4.69, 9.17) is 0 Å². The number of rotatable bonds is 4. The fraction of sp³-hybridized carbons (Fsp3) is 0.222. The van der Waals surface area contributed by atoms with Gasteiger partial charge in [-0.2, -0.15) is 0 Å². The molecule has 0 saturated heterocycles. The first-order chi connectivity index (χ1) is 10.6. The van der Waals surface area contributed by atoms with Gasteiger partial charge >= 0.3 is 0 Å². The van der Waals surface area contributed by atoms with Crippen LogP contribution in [0.15, 0.2) is 48.5 Å². The zero-order chi connectivity index (χ0) is 15.5. The Hall–Kier alpha value is -2.20. The summed E-state index contributed by atoms with van der Waals surface area (Å²) in [6.45, 7) is 4.12. The van der Waals surface area contributed by atoms with Crippen molar-refractivity contribution in [2.45, 2.75) is 26.2 Å². The number of hydrogen-bond donors (Lipinski definition) is 1. The Morgan fingerprint density at radius 2 is 2.00 bits per heavy atom. The first-order valence-corrected chi connectivity index (χ1v) is 8.15. The van der Waals surface area contributed by atoms with Crippen molar-refractivity contribution in [1.82, 2.24) is 4.98 Å². The van der Waals surface area contributed by atoms with E-state index in [0.29, 0.717) is 11.6 Å². The van der Waals surface area contributed by atoms with Crippen molar-refractivity contribution >= 4 is 32.6 Å². The fourth-order valence-electron chi connectivity index (χ4n) is 2.43. The number of nitrogens with zero attached hydrogens (tertiary/aromatic N) is 1. The quantitative estimate of drug-likeness (QED) is 0.756. The van der Waals surface area contributed by atoms with Gasteiger partial charge in [0.1, 0.15) is 0 Å². The maximum absolute atomic E-state index is 12.2. The van der Waals surface area contributed by atoms with E-state index in [0.717, 1.165) is 10.2 Å². The second-order valence-electron chi connectivity index (χ2n) is 5.55. The van der Waals surface area contributed by atoms with Crippen LogP contribution in [0.2, 0.25) is 0 Å². The lowest BCUT2D eigenvalue weighted by Gasteiger charge is -2.10. The summed E-state index contributed by atoms with van der Waals surface area (Å²) in [6.07, 6.45) is 0.457. The van der Waals surface area contributed by atoms with E-state index in [2.05, 4.69) is 42.3 Å². The highest BCUT2D eigenvalue weighted by Gasteiger charge is 2.13. The van der Waals surface area contributed by atoms with Crippen molar-refractivity contribution < 1.29 is 4.79 Å². The Kier molecular flexibility index (Phi) is 4.20. The summed E-state index contributed by atoms with van der Waals surface area (Å²) in [5, 5.41) is 3.59. The molecule has 22 heavy (non-hydrogen) atoms. The van der Waals surface area contributed by atoms with Crippen LogP contribution in [-0.2, 0) is 4.79 Å². The van der Waals surface area contributed by atoms with Crippen LogP contribution in [0.4, 0.5) is 5.13 Å². The van der Waals surface area contributed by atoms with Gasteiger partial charge in [-0.1, -0.05) is 54.7 Å². The van der Waals surface area contributed by atoms with Gasteiger partial charge in [0.05, 0.1) is 10.2 Å². The van der Waals surface area contributed by atoms with Gasteiger partial charge in [0.25, 0.3) is 0 Å². The second kappa shape index (κ2) is 6.28. The van der Waals surface area contributed by atoms with Crippen LogP contribution < -0.4 is 5.32 Å². The Labute approximate surface area is 134 Å². The van der Waals surface area contributed by atoms with E-state index < -0.39 is 0 Å². The number of aryl methyl sites for hydroxylation is 1. The third kappa shape index (κ3) is 3.34. The monoisotopic (exact) mass is 310 g/mol. The molecule has 1 N–H and O–H groups in total. The van der Waals surface area contributed by atoms with Gasteiger partial charge in [-0.3, -0.25) is 4.79 Å². The average Bonchev–Trinajstić information content (AvgIpc) is 2.89. The van der Waals surface area contributed by atoms with E-state index in [1.807, 2.05) is 30.3 Å². The molecule has 3 aromatic rings. The third-order valence-corrected chi connectivity index (χ3v) is 4.58. The number of anilines is 1.